The molecule has 0 saturated carbocycles. The van der Waals surface area contributed by atoms with Gasteiger partial charge in [0.2, 0.25) is 0 Å². The van der Waals surface area contributed by atoms with E-state index in [1.54, 1.807) is 11.0 Å². The fraction of sp³-hybridized carbons (Fsp3) is 0.714. The van der Waals surface area contributed by atoms with Crippen molar-refractivity contribution in [3.63, 3.8) is 0 Å². The van der Waals surface area contributed by atoms with Crippen LogP contribution in [0.25, 0.3) is 0 Å². The lowest BCUT2D eigenvalue weighted by molar-refractivity contribution is -0.122. The molecule has 1 fully saturated rings. The van der Waals surface area contributed by atoms with Crippen LogP contribution in [0.1, 0.15) is 33.6 Å². The third kappa shape index (κ3) is 5.52. The van der Waals surface area contributed by atoms with E-state index in [0.29, 0.717) is 25.9 Å². The number of hydrogen-bond acceptors (Lipinski definition) is 3. The molecule has 1 aliphatic rings. The Morgan fingerprint density at radius 3 is 2.09 bits per heavy atom. The van der Waals surface area contributed by atoms with Crippen LogP contribution in [0.4, 0.5) is 4.79 Å². The summed E-state index contributed by atoms with van der Waals surface area (Å²) in [5.41, 5.74) is -1.24. The molecule has 0 aromatic heterocycles. The summed E-state index contributed by atoms with van der Waals surface area (Å²) in [6.45, 7) is 10.0. The van der Waals surface area contributed by atoms with E-state index in [4.69, 9.17) is 39.5 Å². The van der Waals surface area contributed by atoms with Crippen molar-refractivity contribution in [2.75, 3.05) is 13.1 Å². The van der Waals surface area contributed by atoms with Crippen molar-refractivity contribution in [1.82, 2.24) is 10.2 Å². The lowest BCUT2D eigenvalue weighted by Crippen LogP contribution is -2.57. The van der Waals surface area contributed by atoms with E-state index in [1.807, 2.05) is 20.8 Å². The lowest BCUT2D eigenvalue weighted by Gasteiger charge is -2.41. The van der Waals surface area contributed by atoms with Gasteiger partial charge in [0.25, 0.3) is 9.70 Å². The van der Waals surface area contributed by atoms with E-state index in [0.717, 1.165) is 0 Å². The molecule has 1 heterocycles. The van der Waals surface area contributed by atoms with Crippen LogP contribution in [0, 0.1) is 0 Å². The highest BCUT2D eigenvalue weighted by Gasteiger charge is 2.40. The number of ether oxygens (including phenoxy) is 1. The molecule has 1 saturated heterocycles. The number of nitrogens with zero attached hydrogens (tertiary/aromatic N) is 1. The average molecular weight is 372 g/mol. The van der Waals surface area contributed by atoms with Crippen molar-refractivity contribution in [2.45, 2.75) is 48.5 Å². The molecule has 0 spiro atoms. The van der Waals surface area contributed by atoms with E-state index in [-0.39, 0.29) is 6.09 Å². The second-order valence-electron chi connectivity index (χ2n) is 6.28. The highest BCUT2D eigenvalue weighted by atomic mass is 35.6. The van der Waals surface area contributed by atoms with Crippen molar-refractivity contribution >= 4 is 46.8 Å². The average Bonchev–Trinajstić information content (AvgIpc) is 2.36. The van der Waals surface area contributed by atoms with Gasteiger partial charge in [-0.1, -0.05) is 40.9 Å². The maximum atomic E-state index is 12.0. The fourth-order valence-electron chi connectivity index (χ4n) is 2.09. The minimum absolute atomic E-state index is 0.377. The minimum Gasteiger partial charge on any atom is -0.444 e. The molecule has 0 atom stereocenters. The number of hydrogen-bond donors (Lipinski definition) is 1. The molecule has 126 valence electrons. The molecule has 2 amide bonds. The van der Waals surface area contributed by atoms with E-state index in [9.17, 15) is 9.59 Å². The van der Waals surface area contributed by atoms with Gasteiger partial charge in [-0.25, -0.2) is 4.79 Å². The maximum Gasteiger partial charge on any atom is 0.410 e. The Morgan fingerprint density at radius 1 is 1.23 bits per heavy atom. The Balaban J connectivity index is 2.66. The van der Waals surface area contributed by atoms with Crippen molar-refractivity contribution in [3.8, 4) is 0 Å². The topological polar surface area (TPSA) is 58.6 Å². The molecule has 1 N–H and O–H groups in total. The van der Waals surface area contributed by atoms with Gasteiger partial charge in [0.1, 0.15) is 5.60 Å². The van der Waals surface area contributed by atoms with Crippen molar-refractivity contribution in [2.24, 2.45) is 0 Å². The Morgan fingerprint density at radius 2 is 1.73 bits per heavy atom. The van der Waals surface area contributed by atoms with Gasteiger partial charge in [0, 0.05) is 13.1 Å². The summed E-state index contributed by atoms with van der Waals surface area (Å²) >= 11 is 16.7. The summed E-state index contributed by atoms with van der Waals surface area (Å²) in [6, 6.07) is 0. The molecule has 5 nitrogen and oxygen atoms in total. The number of amides is 2. The largest absolute Gasteiger partial charge is 0.444 e. The zero-order chi connectivity index (χ0) is 17.2. The summed E-state index contributed by atoms with van der Waals surface area (Å²) in [4.78, 5) is 25.5. The van der Waals surface area contributed by atoms with E-state index in [2.05, 4.69) is 11.9 Å². The molecule has 0 radical (unpaired) electrons. The van der Waals surface area contributed by atoms with Gasteiger partial charge in [-0.15, -0.1) is 6.58 Å². The highest BCUT2D eigenvalue weighted by molar-refractivity contribution is 6.76. The SMILES string of the molecule is C=CC1(NC(=O)C(Cl)(Cl)Cl)CCN(C(=O)OC(C)(C)C)CC1. The van der Waals surface area contributed by atoms with Crippen LogP contribution in [0.3, 0.4) is 0 Å². The van der Waals surface area contributed by atoms with Gasteiger partial charge < -0.3 is 15.0 Å². The zero-order valence-electron chi connectivity index (χ0n) is 12.9. The minimum atomic E-state index is -2.03. The summed E-state index contributed by atoms with van der Waals surface area (Å²) < 4.78 is 3.30. The second-order valence-corrected chi connectivity index (χ2v) is 8.56. The molecule has 1 rings (SSSR count). The summed E-state index contributed by atoms with van der Waals surface area (Å²) in [7, 11) is 0. The first-order valence-corrected chi connectivity index (χ1v) is 8.03. The predicted octanol–water partition coefficient (Wildman–Crippen LogP) is 3.43. The van der Waals surface area contributed by atoms with Gasteiger partial charge in [-0.3, -0.25) is 4.79 Å². The Labute approximate surface area is 145 Å². The number of rotatable bonds is 2. The first-order chi connectivity index (χ1) is 9.88. The Kier molecular flexibility index (Phi) is 6.04. The fourth-order valence-corrected chi connectivity index (χ4v) is 2.23. The summed E-state index contributed by atoms with van der Waals surface area (Å²) in [5.74, 6) is -0.705. The van der Waals surface area contributed by atoms with Crippen LogP contribution in [-0.2, 0) is 9.53 Å². The first kappa shape index (κ1) is 19.4. The molecular formula is C14H21Cl3N2O3. The molecule has 0 unspecified atom stereocenters. The van der Waals surface area contributed by atoms with E-state index >= 15 is 0 Å². The molecule has 0 aromatic rings. The monoisotopic (exact) mass is 370 g/mol. The number of carbonyl (C=O) groups is 2. The lowest BCUT2D eigenvalue weighted by atomic mass is 9.87. The van der Waals surface area contributed by atoms with E-state index in [1.165, 1.54) is 0 Å². The second kappa shape index (κ2) is 6.85. The molecular weight excluding hydrogens is 351 g/mol. The predicted molar refractivity (Wildman–Crippen MR) is 88.4 cm³/mol. The van der Waals surface area contributed by atoms with Gasteiger partial charge >= 0.3 is 6.09 Å². The van der Waals surface area contributed by atoms with Gasteiger partial charge in [0.15, 0.2) is 0 Å². The molecule has 8 heteroatoms. The van der Waals surface area contributed by atoms with Crippen molar-refractivity contribution in [1.29, 1.82) is 0 Å². The highest BCUT2D eigenvalue weighted by Crippen LogP contribution is 2.30. The number of likely N-dealkylation sites (tertiary alicyclic amines) is 1. The summed E-state index contributed by atoms with van der Waals surface area (Å²) in [6.07, 6.45) is 2.19. The third-order valence-corrected chi connectivity index (χ3v) is 3.83. The van der Waals surface area contributed by atoms with Gasteiger partial charge in [-0.2, -0.15) is 0 Å². The molecule has 22 heavy (non-hydrogen) atoms. The maximum absolute atomic E-state index is 12.0. The molecule has 1 aliphatic heterocycles. The van der Waals surface area contributed by atoms with Crippen LogP contribution in [-0.4, -0.2) is 44.9 Å². The quantitative estimate of drug-likeness (QED) is 0.597. The number of carbonyl (C=O) groups excluding carboxylic acids is 2. The van der Waals surface area contributed by atoms with Crippen molar-refractivity contribution in [3.05, 3.63) is 12.7 Å². The first-order valence-electron chi connectivity index (χ1n) is 6.89. The number of alkyl halides is 3. The number of piperidine rings is 1. The third-order valence-electron chi connectivity index (χ3n) is 3.32. The zero-order valence-corrected chi connectivity index (χ0v) is 15.2. The molecule has 0 aromatic carbocycles. The molecule has 0 bridgehead atoms. The standard InChI is InChI=1S/C14H21Cl3N2O3/c1-5-13(18-10(20)14(15,16)17)6-8-19(9-7-13)11(21)22-12(2,3)4/h5H,1,6-9H2,2-4H3,(H,18,20). The van der Waals surface area contributed by atoms with E-state index < -0.39 is 20.8 Å². The van der Waals surface area contributed by atoms with Crippen molar-refractivity contribution < 1.29 is 14.3 Å². The number of halogens is 3. The van der Waals surface area contributed by atoms with Crippen LogP contribution < -0.4 is 5.32 Å². The molecule has 0 aliphatic carbocycles. The Hall–Kier alpha value is -0.650. The van der Waals surface area contributed by atoms with Gasteiger partial charge in [-0.05, 0) is 33.6 Å². The van der Waals surface area contributed by atoms with Gasteiger partial charge in [0.05, 0.1) is 5.54 Å². The van der Waals surface area contributed by atoms with Crippen LogP contribution in [0.15, 0.2) is 12.7 Å². The van der Waals surface area contributed by atoms with Crippen LogP contribution >= 0.6 is 34.8 Å². The van der Waals surface area contributed by atoms with Crippen LogP contribution in [0.5, 0.6) is 0 Å². The smallest absolute Gasteiger partial charge is 0.410 e. The van der Waals surface area contributed by atoms with Crippen LogP contribution in [0.2, 0.25) is 0 Å². The Bertz CT molecular complexity index is 447. The number of nitrogens with one attached hydrogen (secondary N) is 1. The normalized spacial score (nSPS) is 18.5. The summed E-state index contributed by atoms with van der Waals surface area (Å²) in [5, 5.41) is 2.70.